The number of aromatic nitrogens is 2. The van der Waals surface area contributed by atoms with Crippen molar-refractivity contribution in [2.45, 2.75) is 45.4 Å². The molecule has 0 aromatic carbocycles. The third-order valence-corrected chi connectivity index (χ3v) is 4.06. The fourth-order valence-electron chi connectivity index (χ4n) is 2.66. The molecule has 1 saturated heterocycles. The van der Waals surface area contributed by atoms with Crippen LogP contribution >= 0.6 is 0 Å². The molecule has 1 N–H and O–H groups in total. The fourth-order valence-corrected chi connectivity index (χ4v) is 2.66. The summed E-state index contributed by atoms with van der Waals surface area (Å²) in [4.78, 5) is 20.7. The lowest BCUT2D eigenvalue weighted by Gasteiger charge is -2.22. The number of nitrogens with zero attached hydrogens (tertiary/aromatic N) is 2. The van der Waals surface area contributed by atoms with Gasteiger partial charge in [-0.3, -0.25) is 4.79 Å². The molecule has 2 aromatic rings. The molecule has 0 spiro atoms. The Morgan fingerprint density at radius 1 is 1.15 bits per heavy atom. The summed E-state index contributed by atoms with van der Waals surface area (Å²) in [6.45, 7) is 5.71. The molecule has 0 unspecified atom stereocenters. The first-order chi connectivity index (χ1) is 13.1. The largest absolute Gasteiger partial charge is 0.475 e. The van der Waals surface area contributed by atoms with Gasteiger partial charge in [-0.1, -0.05) is 6.07 Å². The molecule has 0 aliphatic carbocycles. The van der Waals surface area contributed by atoms with E-state index in [1.165, 1.54) is 6.20 Å². The molecule has 0 bridgehead atoms. The Hall–Kier alpha value is -2.67. The van der Waals surface area contributed by atoms with Crippen LogP contribution in [-0.4, -0.2) is 41.3 Å². The van der Waals surface area contributed by atoms with E-state index >= 15 is 0 Å². The highest BCUT2D eigenvalue weighted by atomic mass is 16.5. The van der Waals surface area contributed by atoms with Gasteiger partial charge in [0.2, 0.25) is 11.8 Å². The standard InChI is InChI=1S/C20H25N3O4/c1-14(2)26-18-5-3-15(11-21-18)12-23-20(24)16-4-6-19(22-13-16)27-17-7-9-25-10-8-17/h3-6,11,13-14,17H,7-10,12H2,1-2H3,(H,23,24). The third-order valence-electron chi connectivity index (χ3n) is 4.06. The van der Waals surface area contributed by atoms with E-state index in [9.17, 15) is 4.79 Å². The number of pyridine rings is 2. The number of ether oxygens (including phenoxy) is 3. The van der Waals surface area contributed by atoms with Crippen LogP contribution in [-0.2, 0) is 11.3 Å². The van der Waals surface area contributed by atoms with E-state index in [0.29, 0.717) is 37.1 Å². The Labute approximate surface area is 159 Å². The van der Waals surface area contributed by atoms with Crippen molar-refractivity contribution < 1.29 is 19.0 Å². The summed E-state index contributed by atoms with van der Waals surface area (Å²) in [5.41, 5.74) is 1.38. The van der Waals surface area contributed by atoms with Crippen molar-refractivity contribution in [2.24, 2.45) is 0 Å². The van der Waals surface area contributed by atoms with Crippen molar-refractivity contribution in [1.29, 1.82) is 0 Å². The molecule has 0 atom stereocenters. The van der Waals surface area contributed by atoms with E-state index < -0.39 is 0 Å². The molecule has 7 heteroatoms. The molecule has 27 heavy (non-hydrogen) atoms. The molecular formula is C20H25N3O4. The van der Waals surface area contributed by atoms with Crippen molar-refractivity contribution in [1.82, 2.24) is 15.3 Å². The quantitative estimate of drug-likeness (QED) is 0.806. The maximum Gasteiger partial charge on any atom is 0.253 e. The SMILES string of the molecule is CC(C)Oc1ccc(CNC(=O)c2ccc(OC3CCOCC3)nc2)cn1. The second-order valence-electron chi connectivity index (χ2n) is 6.67. The van der Waals surface area contributed by atoms with E-state index in [2.05, 4.69) is 15.3 Å². The van der Waals surface area contributed by atoms with E-state index in [1.807, 2.05) is 19.9 Å². The Bertz CT molecular complexity index is 726. The molecule has 1 aliphatic heterocycles. The predicted octanol–water partition coefficient (Wildman–Crippen LogP) is 2.75. The number of carbonyl (C=O) groups excluding carboxylic acids is 1. The fraction of sp³-hybridized carbons (Fsp3) is 0.450. The lowest BCUT2D eigenvalue weighted by molar-refractivity contribution is 0.0237. The van der Waals surface area contributed by atoms with Gasteiger partial charge in [0.25, 0.3) is 5.91 Å². The minimum Gasteiger partial charge on any atom is -0.475 e. The van der Waals surface area contributed by atoms with E-state index in [4.69, 9.17) is 14.2 Å². The van der Waals surface area contributed by atoms with Crippen molar-refractivity contribution >= 4 is 5.91 Å². The number of nitrogens with one attached hydrogen (secondary N) is 1. The summed E-state index contributed by atoms with van der Waals surface area (Å²) in [6, 6.07) is 7.12. The van der Waals surface area contributed by atoms with Crippen LogP contribution in [0.3, 0.4) is 0 Å². The van der Waals surface area contributed by atoms with E-state index in [1.54, 1.807) is 24.4 Å². The lowest BCUT2D eigenvalue weighted by Crippen LogP contribution is -2.26. The van der Waals surface area contributed by atoms with Crippen LogP contribution in [0, 0.1) is 0 Å². The molecule has 1 fully saturated rings. The van der Waals surface area contributed by atoms with Crippen molar-refractivity contribution in [3.8, 4) is 11.8 Å². The van der Waals surface area contributed by atoms with E-state index in [0.717, 1.165) is 18.4 Å². The smallest absolute Gasteiger partial charge is 0.253 e. The first-order valence-corrected chi connectivity index (χ1v) is 9.20. The van der Waals surface area contributed by atoms with Gasteiger partial charge in [0, 0.05) is 43.9 Å². The van der Waals surface area contributed by atoms with Gasteiger partial charge >= 0.3 is 0 Å². The second-order valence-corrected chi connectivity index (χ2v) is 6.67. The molecule has 0 radical (unpaired) electrons. The summed E-state index contributed by atoms with van der Waals surface area (Å²) in [5.74, 6) is 0.912. The molecule has 3 rings (SSSR count). The molecule has 3 heterocycles. The summed E-state index contributed by atoms with van der Waals surface area (Å²) in [5, 5.41) is 2.86. The maximum atomic E-state index is 12.3. The highest BCUT2D eigenvalue weighted by molar-refractivity contribution is 5.93. The van der Waals surface area contributed by atoms with Gasteiger partial charge in [-0.2, -0.15) is 0 Å². The van der Waals surface area contributed by atoms with E-state index in [-0.39, 0.29) is 18.1 Å². The Balaban J connectivity index is 1.48. The average molecular weight is 371 g/mol. The van der Waals surface area contributed by atoms with Crippen molar-refractivity contribution in [3.63, 3.8) is 0 Å². The molecule has 144 valence electrons. The van der Waals surface area contributed by atoms with Gasteiger partial charge in [-0.15, -0.1) is 0 Å². The summed E-state index contributed by atoms with van der Waals surface area (Å²) < 4.78 is 16.6. The molecule has 1 aliphatic rings. The van der Waals surface area contributed by atoms with Gasteiger partial charge in [0.15, 0.2) is 0 Å². The van der Waals surface area contributed by atoms with Crippen LogP contribution in [0.25, 0.3) is 0 Å². The average Bonchev–Trinajstić information content (AvgIpc) is 2.68. The number of carbonyl (C=O) groups is 1. The minimum atomic E-state index is -0.192. The van der Waals surface area contributed by atoms with Crippen LogP contribution < -0.4 is 14.8 Å². The topological polar surface area (TPSA) is 82.6 Å². The first-order valence-electron chi connectivity index (χ1n) is 9.20. The van der Waals surface area contributed by atoms with Gasteiger partial charge in [-0.05, 0) is 25.5 Å². The zero-order chi connectivity index (χ0) is 19.1. The Morgan fingerprint density at radius 3 is 2.52 bits per heavy atom. The van der Waals surface area contributed by atoms with Crippen LogP contribution in [0.5, 0.6) is 11.8 Å². The van der Waals surface area contributed by atoms with Crippen LogP contribution in [0.4, 0.5) is 0 Å². The third kappa shape index (κ3) is 5.92. The van der Waals surface area contributed by atoms with Crippen LogP contribution in [0.15, 0.2) is 36.7 Å². The van der Waals surface area contributed by atoms with Gasteiger partial charge in [0.1, 0.15) is 6.10 Å². The highest BCUT2D eigenvalue weighted by Gasteiger charge is 2.16. The number of hydrogen-bond donors (Lipinski definition) is 1. The first kappa shape index (κ1) is 19.1. The summed E-state index contributed by atoms with van der Waals surface area (Å²) in [6.07, 6.45) is 5.15. The van der Waals surface area contributed by atoms with Crippen LogP contribution in [0.2, 0.25) is 0 Å². The number of rotatable bonds is 7. The van der Waals surface area contributed by atoms with Crippen molar-refractivity contribution in [3.05, 3.63) is 47.8 Å². The Morgan fingerprint density at radius 2 is 1.89 bits per heavy atom. The molecule has 0 saturated carbocycles. The normalized spacial score (nSPS) is 14.8. The van der Waals surface area contributed by atoms with Crippen LogP contribution in [0.1, 0.15) is 42.6 Å². The predicted molar refractivity (Wildman–Crippen MR) is 99.9 cm³/mol. The monoisotopic (exact) mass is 371 g/mol. The maximum absolute atomic E-state index is 12.3. The molecule has 1 amide bonds. The molecular weight excluding hydrogens is 346 g/mol. The highest BCUT2D eigenvalue weighted by Crippen LogP contribution is 2.16. The van der Waals surface area contributed by atoms with Gasteiger partial charge < -0.3 is 19.5 Å². The molecule has 2 aromatic heterocycles. The molecule has 7 nitrogen and oxygen atoms in total. The van der Waals surface area contributed by atoms with Gasteiger partial charge in [0.05, 0.1) is 24.9 Å². The zero-order valence-electron chi connectivity index (χ0n) is 15.7. The number of hydrogen-bond acceptors (Lipinski definition) is 6. The number of amides is 1. The minimum absolute atomic E-state index is 0.0777. The summed E-state index contributed by atoms with van der Waals surface area (Å²) >= 11 is 0. The second kappa shape index (κ2) is 9.32. The zero-order valence-corrected chi connectivity index (χ0v) is 15.7. The lowest BCUT2D eigenvalue weighted by atomic mass is 10.1. The summed E-state index contributed by atoms with van der Waals surface area (Å²) in [7, 11) is 0. The Kier molecular flexibility index (Phi) is 6.59. The van der Waals surface area contributed by atoms with Gasteiger partial charge in [-0.25, -0.2) is 9.97 Å². The van der Waals surface area contributed by atoms with Crippen molar-refractivity contribution in [2.75, 3.05) is 13.2 Å².